The summed E-state index contributed by atoms with van der Waals surface area (Å²) in [7, 11) is -1.99. The fourth-order valence-electron chi connectivity index (χ4n) is 2.36. The molecular weight excluding hydrogens is 344 g/mol. The first kappa shape index (κ1) is 22.9. The summed E-state index contributed by atoms with van der Waals surface area (Å²) in [6, 6.07) is 10.1. The maximum Gasteiger partial charge on any atom is 0.311 e. The van der Waals surface area contributed by atoms with E-state index in [0.717, 1.165) is 5.56 Å². The Bertz CT molecular complexity index is 537. The van der Waals surface area contributed by atoms with Crippen molar-refractivity contribution in [3.63, 3.8) is 0 Å². The van der Waals surface area contributed by atoms with Gasteiger partial charge in [-0.3, -0.25) is 4.79 Å². The van der Waals surface area contributed by atoms with Gasteiger partial charge in [0.25, 0.3) is 0 Å². The molecule has 1 rings (SSSR count). The molecule has 1 aromatic rings. The summed E-state index contributed by atoms with van der Waals surface area (Å²) < 4.78 is 17.6. The average Bonchev–Trinajstić information content (AvgIpc) is 2.57. The lowest BCUT2D eigenvalue weighted by Crippen LogP contribution is -2.47. The van der Waals surface area contributed by atoms with Crippen LogP contribution in [0.2, 0.25) is 18.1 Å². The first-order valence-corrected chi connectivity index (χ1v) is 12.5. The monoisotopic (exact) mass is 380 g/mol. The highest BCUT2D eigenvalue weighted by Crippen LogP contribution is 2.38. The highest BCUT2D eigenvalue weighted by Gasteiger charge is 2.41. The van der Waals surface area contributed by atoms with Crippen molar-refractivity contribution in [3.8, 4) is 0 Å². The molecule has 1 aromatic carbocycles. The Morgan fingerprint density at radius 1 is 1.15 bits per heavy atom. The molecular formula is C21H36O4Si. The van der Waals surface area contributed by atoms with Gasteiger partial charge in [0.05, 0.1) is 25.2 Å². The molecule has 148 valence electrons. The summed E-state index contributed by atoms with van der Waals surface area (Å²) in [6.07, 6.45) is 0.491. The normalized spacial score (nSPS) is 14.7. The second-order valence-corrected chi connectivity index (χ2v) is 13.0. The molecule has 0 heterocycles. The van der Waals surface area contributed by atoms with Crippen LogP contribution in [-0.2, 0) is 25.3 Å². The molecule has 0 spiro atoms. The Balaban J connectivity index is 2.69. The first-order chi connectivity index (χ1) is 12.1. The molecule has 0 fully saturated rings. The van der Waals surface area contributed by atoms with Crippen molar-refractivity contribution in [1.82, 2.24) is 0 Å². The summed E-state index contributed by atoms with van der Waals surface area (Å²) >= 11 is 0. The van der Waals surface area contributed by atoms with Crippen LogP contribution in [0.25, 0.3) is 0 Å². The third-order valence-electron chi connectivity index (χ3n) is 5.13. The van der Waals surface area contributed by atoms with Crippen molar-refractivity contribution in [3.05, 3.63) is 35.9 Å². The average molecular weight is 381 g/mol. The molecule has 0 unspecified atom stereocenters. The summed E-state index contributed by atoms with van der Waals surface area (Å²) in [5, 5.41) is 0.0878. The Morgan fingerprint density at radius 3 is 2.31 bits per heavy atom. The fraction of sp³-hybridized carbons (Fsp3) is 0.667. The Morgan fingerprint density at radius 2 is 1.77 bits per heavy atom. The van der Waals surface area contributed by atoms with Gasteiger partial charge >= 0.3 is 5.97 Å². The molecule has 0 saturated heterocycles. The number of hydrogen-bond donors (Lipinski definition) is 0. The molecule has 0 aliphatic carbocycles. The van der Waals surface area contributed by atoms with Gasteiger partial charge in [0.2, 0.25) is 0 Å². The lowest BCUT2D eigenvalue weighted by Gasteiger charge is -2.40. The fourth-order valence-corrected chi connectivity index (χ4v) is 3.79. The highest BCUT2D eigenvalue weighted by atomic mass is 28.4. The second-order valence-electron chi connectivity index (χ2n) is 8.28. The summed E-state index contributed by atoms with van der Waals surface area (Å²) in [5.74, 6) is -0.497. The molecule has 26 heavy (non-hydrogen) atoms. The van der Waals surface area contributed by atoms with E-state index in [1.54, 1.807) is 0 Å². The van der Waals surface area contributed by atoms with Crippen molar-refractivity contribution in [1.29, 1.82) is 0 Å². The molecule has 4 nitrogen and oxygen atoms in total. The third-order valence-corrected chi connectivity index (χ3v) is 9.63. The molecule has 0 aliphatic heterocycles. The maximum absolute atomic E-state index is 12.2. The Labute approximate surface area is 160 Å². The van der Waals surface area contributed by atoms with Gasteiger partial charge in [-0.15, -0.1) is 0 Å². The molecule has 0 aliphatic rings. The minimum atomic E-state index is -1.99. The van der Waals surface area contributed by atoms with E-state index in [1.165, 1.54) is 0 Å². The van der Waals surface area contributed by atoms with Crippen LogP contribution < -0.4 is 0 Å². The molecule has 0 N–H and O–H groups in total. The van der Waals surface area contributed by atoms with Crippen LogP contribution in [0.4, 0.5) is 0 Å². The van der Waals surface area contributed by atoms with Gasteiger partial charge in [0, 0.05) is 6.61 Å². The number of carbonyl (C=O) groups is 1. The summed E-state index contributed by atoms with van der Waals surface area (Å²) in [4.78, 5) is 12.2. The number of rotatable bonds is 10. The van der Waals surface area contributed by atoms with E-state index in [-0.39, 0.29) is 23.0 Å². The maximum atomic E-state index is 12.2. The van der Waals surface area contributed by atoms with Crippen LogP contribution in [0.5, 0.6) is 0 Å². The number of hydrogen-bond acceptors (Lipinski definition) is 4. The largest absolute Gasteiger partial charge is 0.466 e. The SMILES string of the molecule is CCOC(=O)[C@@H](C)[C@H](CCOCc1ccccc1)O[Si](C)(C)C(C)(C)C. The summed E-state index contributed by atoms with van der Waals surface area (Å²) in [6.45, 7) is 16.3. The molecule has 0 saturated carbocycles. The van der Waals surface area contributed by atoms with Crippen molar-refractivity contribution in [2.45, 2.75) is 71.9 Å². The smallest absolute Gasteiger partial charge is 0.311 e. The van der Waals surface area contributed by atoms with Gasteiger partial charge < -0.3 is 13.9 Å². The van der Waals surface area contributed by atoms with Crippen LogP contribution in [0.15, 0.2) is 30.3 Å². The van der Waals surface area contributed by atoms with Crippen LogP contribution >= 0.6 is 0 Å². The second kappa shape index (κ2) is 10.2. The van der Waals surface area contributed by atoms with Crippen LogP contribution in [0.3, 0.4) is 0 Å². The van der Waals surface area contributed by atoms with Crippen molar-refractivity contribution < 1.29 is 18.7 Å². The van der Waals surface area contributed by atoms with Crippen molar-refractivity contribution in [2.75, 3.05) is 13.2 Å². The van der Waals surface area contributed by atoms with Crippen molar-refractivity contribution in [2.24, 2.45) is 5.92 Å². The van der Waals surface area contributed by atoms with Crippen molar-refractivity contribution >= 4 is 14.3 Å². The predicted octanol–water partition coefficient (Wildman–Crippen LogP) is 5.18. The van der Waals surface area contributed by atoms with E-state index in [4.69, 9.17) is 13.9 Å². The summed E-state index contributed by atoms with van der Waals surface area (Å²) in [5.41, 5.74) is 1.15. The number of ether oxygens (including phenoxy) is 2. The first-order valence-electron chi connectivity index (χ1n) is 9.54. The van der Waals surface area contributed by atoms with E-state index in [9.17, 15) is 4.79 Å². The topological polar surface area (TPSA) is 44.8 Å². The van der Waals surface area contributed by atoms with Crippen LogP contribution in [-0.4, -0.2) is 33.6 Å². The minimum Gasteiger partial charge on any atom is -0.466 e. The van der Waals surface area contributed by atoms with Gasteiger partial charge in [-0.1, -0.05) is 51.1 Å². The predicted molar refractivity (Wildman–Crippen MR) is 109 cm³/mol. The molecule has 2 atom stereocenters. The van der Waals surface area contributed by atoms with E-state index in [1.807, 2.05) is 44.2 Å². The quantitative estimate of drug-likeness (QED) is 0.319. The molecule has 0 amide bonds. The standard InChI is InChI=1S/C21H36O4Si/c1-8-24-20(22)17(2)19(25-26(6,7)21(3,4)5)14-15-23-16-18-12-10-9-11-13-18/h9-13,17,19H,8,14-16H2,1-7H3/t17-,19-/m0/s1. The molecule has 0 radical (unpaired) electrons. The number of benzene rings is 1. The number of esters is 1. The van der Waals surface area contributed by atoms with E-state index in [0.29, 0.717) is 26.2 Å². The third kappa shape index (κ3) is 7.21. The van der Waals surface area contributed by atoms with Crippen LogP contribution in [0.1, 0.15) is 46.6 Å². The molecule has 5 heteroatoms. The van der Waals surface area contributed by atoms with Gasteiger partial charge in [0.15, 0.2) is 8.32 Å². The van der Waals surface area contributed by atoms with E-state index in [2.05, 4.69) is 33.9 Å². The zero-order valence-corrected chi connectivity index (χ0v) is 18.5. The zero-order valence-electron chi connectivity index (χ0n) is 17.5. The van der Waals surface area contributed by atoms with Gasteiger partial charge in [0.1, 0.15) is 0 Å². The Kier molecular flexibility index (Phi) is 9.00. The highest BCUT2D eigenvalue weighted by molar-refractivity contribution is 6.74. The van der Waals surface area contributed by atoms with Gasteiger partial charge in [-0.2, -0.15) is 0 Å². The van der Waals surface area contributed by atoms with Crippen LogP contribution in [0, 0.1) is 5.92 Å². The van der Waals surface area contributed by atoms with E-state index < -0.39 is 8.32 Å². The zero-order chi connectivity index (χ0) is 19.8. The lowest BCUT2D eigenvalue weighted by atomic mass is 10.0. The Hall–Kier alpha value is -1.17. The molecule has 0 bridgehead atoms. The number of carbonyl (C=O) groups excluding carboxylic acids is 1. The minimum absolute atomic E-state index is 0.0878. The van der Waals surface area contributed by atoms with Gasteiger partial charge in [-0.25, -0.2) is 0 Å². The lowest BCUT2D eigenvalue weighted by molar-refractivity contribution is -0.151. The van der Waals surface area contributed by atoms with E-state index >= 15 is 0 Å². The van der Waals surface area contributed by atoms with Gasteiger partial charge in [-0.05, 0) is 44.0 Å². The molecule has 0 aromatic heterocycles.